The largest absolute Gasteiger partial charge is 0.311 e. The zero-order chi connectivity index (χ0) is 14.2. The van der Waals surface area contributed by atoms with Gasteiger partial charge in [-0.15, -0.1) is 0 Å². The van der Waals surface area contributed by atoms with Crippen LogP contribution in [-0.4, -0.2) is 36.6 Å². The fraction of sp³-hybridized carbons (Fsp3) is 1.00. The smallest absolute Gasteiger partial charge is 0.0127 e. The molecule has 1 aliphatic heterocycles. The highest BCUT2D eigenvalue weighted by molar-refractivity contribution is 5.02. The van der Waals surface area contributed by atoms with E-state index in [2.05, 4.69) is 17.1 Å². The van der Waals surface area contributed by atoms with E-state index in [0.29, 0.717) is 0 Å². The Bertz CT molecular complexity index is 325. The molecule has 4 bridgehead atoms. The lowest BCUT2D eigenvalue weighted by Crippen LogP contribution is -2.56. The topological polar surface area (TPSA) is 15.3 Å². The van der Waals surface area contributed by atoms with Gasteiger partial charge in [0.05, 0.1) is 0 Å². The van der Waals surface area contributed by atoms with Gasteiger partial charge in [0.2, 0.25) is 0 Å². The second kappa shape index (κ2) is 6.20. The molecule has 0 spiro atoms. The van der Waals surface area contributed by atoms with Crippen molar-refractivity contribution in [3.05, 3.63) is 0 Å². The molecule has 2 heteroatoms. The van der Waals surface area contributed by atoms with Crippen LogP contribution in [0, 0.1) is 23.7 Å². The maximum absolute atomic E-state index is 4.18. The molecule has 0 aromatic rings. The summed E-state index contributed by atoms with van der Waals surface area (Å²) in [5.41, 5.74) is 0. The first kappa shape index (κ1) is 14.5. The molecule has 0 amide bonds. The summed E-state index contributed by atoms with van der Waals surface area (Å²) < 4.78 is 0. The van der Waals surface area contributed by atoms with Gasteiger partial charge in [0.25, 0.3) is 0 Å². The number of rotatable bonds is 4. The molecule has 2 nitrogen and oxygen atoms in total. The molecule has 1 N–H and O–H groups in total. The van der Waals surface area contributed by atoms with Crippen LogP contribution in [0.1, 0.15) is 64.7 Å². The van der Waals surface area contributed by atoms with Crippen molar-refractivity contribution >= 4 is 0 Å². The lowest BCUT2D eigenvalue weighted by molar-refractivity contribution is -0.0182. The fourth-order valence-electron chi connectivity index (χ4n) is 6.33. The zero-order valence-electron chi connectivity index (χ0n) is 13.9. The summed E-state index contributed by atoms with van der Waals surface area (Å²) in [5, 5.41) is 4.18. The summed E-state index contributed by atoms with van der Waals surface area (Å²) in [5.74, 6) is 4.30. The SMILES string of the molecule is CCCN1CCCC(NC2C3CC4CC(C3)CC2C4)CC1. The summed E-state index contributed by atoms with van der Waals surface area (Å²) in [6, 6.07) is 1.70. The van der Waals surface area contributed by atoms with E-state index in [-0.39, 0.29) is 0 Å². The Morgan fingerprint density at radius 3 is 2.29 bits per heavy atom. The van der Waals surface area contributed by atoms with E-state index in [1.165, 1.54) is 45.3 Å². The van der Waals surface area contributed by atoms with Crippen molar-refractivity contribution in [1.29, 1.82) is 0 Å². The van der Waals surface area contributed by atoms with Crippen molar-refractivity contribution in [2.24, 2.45) is 23.7 Å². The second-order valence-electron chi connectivity index (χ2n) is 8.59. The van der Waals surface area contributed by atoms with E-state index >= 15 is 0 Å². The third kappa shape index (κ3) is 3.03. The number of hydrogen-bond donors (Lipinski definition) is 1. The predicted molar refractivity (Wildman–Crippen MR) is 88.3 cm³/mol. The first-order valence-corrected chi connectivity index (χ1v) is 9.80. The summed E-state index contributed by atoms with van der Waals surface area (Å²) in [4.78, 5) is 2.69. The lowest BCUT2D eigenvalue weighted by atomic mass is 9.54. The zero-order valence-corrected chi connectivity index (χ0v) is 13.9. The number of likely N-dealkylation sites (tertiary alicyclic amines) is 1. The molecule has 1 atom stereocenters. The Balaban J connectivity index is 1.34. The van der Waals surface area contributed by atoms with E-state index in [4.69, 9.17) is 0 Å². The van der Waals surface area contributed by atoms with Gasteiger partial charge in [-0.25, -0.2) is 0 Å². The summed E-state index contributed by atoms with van der Waals surface area (Å²) >= 11 is 0. The van der Waals surface area contributed by atoms with Gasteiger partial charge in [0.15, 0.2) is 0 Å². The molecular formula is C19H34N2. The molecule has 4 saturated carbocycles. The van der Waals surface area contributed by atoms with Crippen LogP contribution in [0.15, 0.2) is 0 Å². The van der Waals surface area contributed by atoms with E-state index in [1.807, 2.05) is 0 Å². The van der Waals surface area contributed by atoms with Gasteiger partial charge in [0, 0.05) is 12.1 Å². The molecule has 5 fully saturated rings. The Hall–Kier alpha value is -0.0800. The van der Waals surface area contributed by atoms with Gasteiger partial charge < -0.3 is 10.2 Å². The molecule has 4 aliphatic carbocycles. The molecule has 1 unspecified atom stereocenters. The standard InChI is InChI=1S/C19H34N2/c1-2-6-21-7-3-4-18(5-8-21)20-19-16-10-14-9-15(12-16)13-17(19)11-14/h14-20H,2-13H2,1H3. The van der Waals surface area contributed by atoms with E-state index in [0.717, 1.165) is 35.8 Å². The molecule has 120 valence electrons. The molecule has 1 saturated heterocycles. The quantitative estimate of drug-likeness (QED) is 0.850. The van der Waals surface area contributed by atoms with Crippen molar-refractivity contribution in [1.82, 2.24) is 10.2 Å². The molecular weight excluding hydrogens is 256 g/mol. The molecule has 5 aliphatic rings. The van der Waals surface area contributed by atoms with Crippen molar-refractivity contribution in [2.45, 2.75) is 76.8 Å². The lowest BCUT2D eigenvalue weighted by Gasteiger charge is -2.55. The first-order valence-electron chi connectivity index (χ1n) is 9.80. The van der Waals surface area contributed by atoms with E-state index in [1.54, 1.807) is 32.1 Å². The van der Waals surface area contributed by atoms with Gasteiger partial charge in [-0.1, -0.05) is 6.92 Å². The van der Waals surface area contributed by atoms with E-state index < -0.39 is 0 Å². The van der Waals surface area contributed by atoms with Gasteiger partial charge in [-0.05, 0) is 101 Å². The van der Waals surface area contributed by atoms with Crippen LogP contribution in [0.4, 0.5) is 0 Å². The maximum atomic E-state index is 4.18. The van der Waals surface area contributed by atoms with Crippen LogP contribution in [-0.2, 0) is 0 Å². The average Bonchev–Trinajstić information content (AvgIpc) is 2.68. The van der Waals surface area contributed by atoms with Crippen LogP contribution in [0.5, 0.6) is 0 Å². The maximum Gasteiger partial charge on any atom is 0.0127 e. The Kier molecular flexibility index (Phi) is 4.28. The fourth-order valence-corrected chi connectivity index (χ4v) is 6.33. The van der Waals surface area contributed by atoms with Crippen LogP contribution >= 0.6 is 0 Å². The summed E-state index contributed by atoms with van der Waals surface area (Å²) in [7, 11) is 0. The highest BCUT2D eigenvalue weighted by Crippen LogP contribution is 2.53. The monoisotopic (exact) mass is 290 g/mol. The minimum Gasteiger partial charge on any atom is -0.311 e. The molecule has 21 heavy (non-hydrogen) atoms. The highest BCUT2D eigenvalue weighted by Gasteiger charge is 2.48. The Morgan fingerprint density at radius 2 is 1.62 bits per heavy atom. The van der Waals surface area contributed by atoms with Crippen molar-refractivity contribution in [3.8, 4) is 0 Å². The Labute approximate surface area is 131 Å². The normalized spacial score (nSPS) is 46.7. The minimum absolute atomic E-state index is 0.814. The average molecular weight is 290 g/mol. The Morgan fingerprint density at radius 1 is 0.905 bits per heavy atom. The highest BCUT2D eigenvalue weighted by atomic mass is 15.1. The number of hydrogen-bond acceptors (Lipinski definition) is 2. The second-order valence-corrected chi connectivity index (χ2v) is 8.59. The first-order chi connectivity index (χ1) is 10.3. The minimum atomic E-state index is 0.814. The number of nitrogens with one attached hydrogen (secondary N) is 1. The van der Waals surface area contributed by atoms with E-state index in [9.17, 15) is 0 Å². The van der Waals surface area contributed by atoms with Gasteiger partial charge in [-0.3, -0.25) is 0 Å². The van der Waals surface area contributed by atoms with Crippen LogP contribution in [0.25, 0.3) is 0 Å². The molecule has 5 rings (SSSR count). The third-order valence-electron chi connectivity index (χ3n) is 7.02. The predicted octanol–water partition coefficient (Wildman–Crippen LogP) is 3.67. The van der Waals surface area contributed by atoms with Crippen molar-refractivity contribution in [2.75, 3.05) is 19.6 Å². The van der Waals surface area contributed by atoms with Crippen molar-refractivity contribution < 1.29 is 0 Å². The summed E-state index contributed by atoms with van der Waals surface area (Å²) in [6.07, 6.45) is 13.3. The van der Waals surface area contributed by atoms with Gasteiger partial charge in [-0.2, -0.15) is 0 Å². The molecule has 0 aromatic heterocycles. The summed E-state index contributed by atoms with van der Waals surface area (Å²) in [6.45, 7) is 6.30. The number of nitrogens with zero attached hydrogens (tertiary/aromatic N) is 1. The van der Waals surface area contributed by atoms with Gasteiger partial charge in [0.1, 0.15) is 0 Å². The third-order valence-corrected chi connectivity index (χ3v) is 7.02. The van der Waals surface area contributed by atoms with Crippen LogP contribution < -0.4 is 5.32 Å². The molecule has 1 heterocycles. The molecule has 0 aromatic carbocycles. The van der Waals surface area contributed by atoms with Gasteiger partial charge >= 0.3 is 0 Å². The molecule has 0 radical (unpaired) electrons. The van der Waals surface area contributed by atoms with Crippen molar-refractivity contribution in [3.63, 3.8) is 0 Å². The van der Waals surface area contributed by atoms with Crippen LogP contribution in [0.3, 0.4) is 0 Å². The van der Waals surface area contributed by atoms with Crippen LogP contribution in [0.2, 0.25) is 0 Å².